The van der Waals surface area contributed by atoms with Gasteiger partial charge in [-0.3, -0.25) is 0 Å². The second-order valence-corrected chi connectivity index (χ2v) is 14.0. The summed E-state index contributed by atoms with van der Waals surface area (Å²) < 4.78 is 6.78. The fourth-order valence-electron chi connectivity index (χ4n) is 9.06. The number of nitrogens with zero attached hydrogens (tertiary/aromatic N) is 1. The van der Waals surface area contributed by atoms with Crippen LogP contribution in [0, 0.1) is 0 Å². The topological polar surface area (TPSA) is 12.5 Å². The van der Waals surface area contributed by atoms with Crippen molar-refractivity contribution in [3.63, 3.8) is 0 Å². The first-order valence-corrected chi connectivity index (χ1v) is 18.3. The highest BCUT2D eigenvalue weighted by atomic mass is 16.5. The fraction of sp³-hybridized carbons (Fsp3) is 0.0196. The van der Waals surface area contributed by atoms with Crippen LogP contribution in [-0.2, 0) is 5.41 Å². The molecule has 2 nitrogen and oxygen atoms in total. The summed E-state index contributed by atoms with van der Waals surface area (Å²) in [6.07, 6.45) is 0. The summed E-state index contributed by atoms with van der Waals surface area (Å²) in [7, 11) is 0. The summed E-state index contributed by atoms with van der Waals surface area (Å²) in [4.78, 5) is 2.45. The van der Waals surface area contributed by atoms with E-state index in [0.717, 1.165) is 39.7 Å². The van der Waals surface area contributed by atoms with E-state index in [1.54, 1.807) is 0 Å². The number of fused-ring (bicyclic) bond motifs is 10. The predicted molar refractivity (Wildman–Crippen MR) is 219 cm³/mol. The van der Waals surface area contributed by atoms with Crippen LogP contribution in [-0.4, -0.2) is 0 Å². The Labute approximate surface area is 308 Å². The van der Waals surface area contributed by atoms with Gasteiger partial charge in [-0.05, 0) is 103 Å². The molecule has 2 aliphatic rings. The van der Waals surface area contributed by atoms with Gasteiger partial charge in [0.2, 0.25) is 0 Å². The van der Waals surface area contributed by atoms with Crippen molar-refractivity contribution in [2.75, 3.05) is 4.90 Å². The van der Waals surface area contributed by atoms with Gasteiger partial charge in [-0.1, -0.05) is 152 Å². The Morgan fingerprint density at radius 2 is 0.811 bits per heavy atom. The summed E-state index contributed by atoms with van der Waals surface area (Å²) in [5, 5.41) is 4.95. The molecule has 0 amide bonds. The van der Waals surface area contributed by atoms with Crippen molar-refractivity contribution in [3.8, 4) is 33.8 Å². The van der Waals surface area contributed by atoms with E-state index in [-0.39, 0.29) is 0 Å². The van der Waals surface area contributed by atoms with E-state index in [4.69, 9.17) is 4.74 Å². The summed E-state index contributed by atoms with van der Waals surface area (Å²) >= 11 is 0. The second-order valence-electron chi connectivity index (χ2n) is 14.0. The van der Waals surface area contributed by atoms with Crippen molar-refractivity contribution in [1.82, 2.24) is 0 Å². The van der Waals surface area contributed by atoms with Gasteiger partial charge >= 0.3 is 0 Å². The van der Waals surface area contributed by atoms with Gasteiger partial charge in [0.15, 0.2) is 0 Å². The van der Waals surface area contributed by atoms with Gasteiger partial charge in [0.1, 0.15) is 11.5 Å². The standard InChI is InChI=1S/C51H33NO/c1-2-18-38(19-3-1)52-47-30-28-36(41-22-12-16-34-14-4-6-20-39(34)41)32-45(47)51(43-24-8-10-26-49(43)53-50-27-11-9-25-44(50)51)46-33-37(29-31-48(46)52)42-23-13-17-35-15-5-7-21-40(35)42/h1-33H. The molecule has 0 aliphatic carbocycles. The van der Waals surface area contributed by atoms with Crippen molar-refractivity contribution in [2.45, 2.75) is 5.41 Å². The van der Waals surface area contributed by atoms with Crippen LogP contribution in [0.2, 0.25) is 0 Å². The maximum atomic E-state index is 6.78. The highest BCUT2D eigenvalue weighted by Gasteiger charge is 2.51. The van der Waals surface area contributed by atoms with E-state index in [1.165, 1.54) is 54.9 Å². The number of hydrogen-bond acceptors (Lipinski definition) is 2. The van der Waals surface area contributed by atoms with E-state index in [2.05, 4.69) is 205 Å². The molecular weight excluding hydrogens is 643 g/mol. The van der Waals surface area contributed by atoms with Crippen LogP contribution in [0.3, 0.4) is 0 Å². The minimum atomic E-state index is -0.692. The van der Waals surface area contributed by atoms with Crippen molar-refractivity contribution in [1.29, 1.82) is 0 Å². The smallest absolute Gasteiger partial charge is 0.132 e. The molecule has 0 saturated heterocycles. The first-order chi connectivity index (χ1) is 26.3. The summed E-state index contributed by atoms with van der Waals surface area (Å²) in [6, 6.07) is 72.9. The van der Waals surface area contributed by atoms with Gasteiger partial charge in [-0.15, -0.1) is 0 Å². The molecule has 0 bridgehead atoms. The molecule has 0 fully saturated rings. The Kier molecular flexibility index (Phi) is 6.50. The first kappa shape index (κ1) is 29.8. The largest absolute Gasteiger partial charge is 0.457 e. The van der Waals surface area contributed by atoms with E-state index < -0.39 is 5.41 Å². The van der Waals surface area contributed by atoms with Crippen LogP contribution in [0.5, 0.6) is 11.5 Å². The van der Waals surface area contributed by atoms with Crippen molar-refractivity contribution in [2.24, 2.45) is 0 Å². The number of anilines is 3. The monoisotopic (exact) mass is 675 g/mol. The molecule has 0 unspecified atom stereocenters. The van der Waals surface area contributed by atoms with Crippen LogP contribution in [0.4, 0.5) is 17.1 Å². The molecule has 11 rings (SSSR count). The van der Waals surface area contributed by atoms with Gasteiger partial charge in [0, 0.05) is 16.8 Å². The lowest BCUT2D eigenvalue weighted by molar-refractivity contribution is 0.434. The number of ether oxygens (including phenoxy) is 1. The average molecular weight is 676 g/mol. The SMILES string of the molecule is c1ccc(N2c3ccc(-c4cccc5ccccc45)cc3C3(c4ccccc4Oc4ccccc43)c3cc(-c4cccc5ccccc45)ccc32)cc1. The van der Waals surface area contributed by atoms with Crippen LogP contribution in [0.25, 0.3) is 43.8 Å². The van der Waals surface area contributed by atoms with Crippen molar-refractivity contribution in [3.05, 3.63) is 222 Å². The van der Waals surface area contributed by atoms with Crippen molar-refractivity contribution >= 4 is 38.6 Å². The lowest BCUT2D eigenvalue weighted by atomic mass is 9.60. The number of para-hydroxylation sites is 3. The molecule has 248 valence electrons. The number of rotatable bonds is 3. The minimum absolute atomic E-state index is 0.692. The maximum absolute atomic E-state index is 6.78. The van der Waals surface area contributed by atoms with Crippen LogP contribution < -0.4 is 9.64 Å². The molecule has 0 atom stereocenters. The highest BCUT2D eigenvalue weighted by molar-refractivity contribution is 6.01. The van der Waals surface area contributed by atoms with Gasteiger partial charge in [-0.25, -0.2) is 0 Å². The molecule has 2 heteroatoms. The molecule has 0 saturated carbocycles. The predicted octanol–water partition coefficient (Wildman–Crippen LogP) is 13.6. The van der Waals surface area contributed by atoms with Crippen LogP contribution in [0.1, 0.15) is 22.3 Å². The lowest BCUT2D eigenvalue weighted by Gasteiger charge is -2.49. The zero-order valence-electron chi connectivity index (χ0n) is 28.9. The lowest BCUT2D eigenvalue weighted by Crippen LogP contribution is -2.39. The molecular formula is C51H33NO. The fourth-order valence-corrected chi connectivity index (χ4v) is 9.06. The Morgan fingerprint density at radius 1 is 0.358 bits per heavy atom. The Bertz CT molecular complexity index is 2700. The van der Waals surface area contributed by atoms with Gasteiger partial charge in [0.05, 0.1) is 16.8 Å². The normalized spacial score (nSPS) is 13.5. The number of hydrogen-bond donors (Lipinski definition) is 0. The molecule has 1 spiro atoms. The first-order valence-electron chi connectivity index (χ1n) is 18.3. The Hall–Kier alpha value is -6.90. The van der Waals surface area contributed by atoms with E-state index in [1.807, 2.05) is 0 Å². The molecule has 0 aromatic heterocycles. The minimum Gasteiger partial charge on any atom is -0.457 e. The highest BCUT2D eigenvalue weighted by Crippen LogP contribution is 2.63. The molecule has 9 aromatic rings. The number of benzene rings is 9. The summed E-state index contributed by atoms with van der Waals surface area (Å²) in [5.74, 6) is 1.75. The third kappa shape index (κ3) is 4.33. The van der Waals surface area contributed by atoms with Crippen LogP contribution >= 0.6 is 0 Å². The Balaban J connectivity index is 1.30. The molecule has 9 aromatic carbocycles. The van der Waals surface area contributed by atoms with Gasteiger partial charge in [0.25, 0.3) is 0 Å². The van der Waals surface area contributed by atoms with E-state index in [0.29, 0.717) is 0 Å². The summed E-state index contributed by atoms with van der Waals surface area (Å²) in [6.45, 7) is 0. The maximum Gasteiger partial charge on any atom is 0.132 e. The summed E-state index contributed by atoms with van der Waals surface area (Å²) in [5.41, 5.74) is 12.2. The molecule has 2 aliphatic heterocycles. The Morgan fingerprint density at radius 3 is 1.36 bits per heavy atom. The van der Waals surface area contributed by atoms with Gasteiger partial charge in [-0.2, -0.15) is 0 Å². The zero-order chi connectivity index (χ0) is 34.9. The van der Waals surface area contributed by atoms with E-state index >= 15 is 0 Å². The average Bonchev–Trinajstić information content (AvgIpc) is 3.23. The van der Waals surface area contributed by atoms with Crippen molar-refractivity contribution < 1.29 is 4.74 Å². The van der Waals surface area contributed by atoms with Crippen LogP contribution in [0.15, 0.2) is 200 Å². The zero-order valence-corrected chi connectivity index (χ0v) is 28.9. The molecule has 53 heavy (non-hydrogen) atoms. The molecule has 0 N–H and O–H groups in total. The quantitative estimate of drug-likeness (QED) is 0.185. The van der Waals surface area contributed by atoms with Gasteiger partial charge < -0.3 is 9.64 Å². The van der Waals surface area contributed by atoms with E-state index in [9.17, 15) is 0 Å². The third-order valence-electron chi connectivity index (χ3n) is 11.3. The third-order valence-corrected chi connectivity index (χ3v) is 11.3. The molecule has 2 heterocycles. The second kappa shape index (κ2) is 11.6. The molecule has 0 radical (unpaired) electrons.